The van der Waals surface area contributed by atoms with Crippen molar-refractivity contribution in [2.45, 2.75) is 26.4 Å². The third-order valence-electron chi connectivity index (χ3n) is 2.43. The Morgan fingerprint density at radius 2 is 2.06 bits per heavy atom. The van der Waals surface area contributed by atoms with Crippen molar-refractivity contribution < 1.29 is 13.6 Å². The molecular formula is C12H13F2N3O. The Balaban J connectivity index is 2.29. The molecule has 0 aliphatic carbocycles. The van der Waals surface area contributed by atoms with E-state index in [0.29, 0.717) is 11.0 Å². The van der Waals surface area contributed by atoms with E-state index in [-0.39, 0.29) is 18.5 Å². The quantitative estimate of drug-likeness (QED) is 0.907. The molecule has 0 aliphatic heterocycles. The molecule has 0 fully saturated rings. The first-order chi connectivity index (χ1) is 8.47. The van der Waals surface area contributed by atoms with Gasteiger partial charge in [0, 0.05) is 18.2 Å². The summed E-state index contributed by atoms with van der Waals surface area (Å²) in [6.07, 6.45) is 1.39. The second-order valence-corrected chi connectivity index (χ2v) is 4.35. The van der Waals surface area contributed by atoms with Crippen molar-refractivity contribution in [1.82, 2.24) is 14.9 Å². The maximum atomic E-state index is 13.1. The lowest BCUT2D eigenvalue weighted by molar-refractivity contribution is -0.122. The molecule has 6 heteroatoms. The highest BCUT2D eigenvalue weighted by Gasteiger charge is 2.11. The van der Waals surface area contributed by atoms with Gasteiger partial charge in [-0.3, -0.25) is 4.79 Å². The molecule has 1 N–H and O–H groups in total. The molecule has 0 spiro atoms. The summed E-state index contributed by atoms with van der Waals surface area (Å²) in [5.41, 5.74) is 0.721. The minimum absolute atomic E-state index is 0.0275. The second-order valence-electron chi connectivity index (χ2n) is 4.35. The van der Waals surface area contributed by atoms with Crippen molar-refractivity contribution in [3.63, 3.8) is 0 Å². The van der Waals surface area contributed by atoms with E-state index < -0.39 is 11.6 Å². The van der Waals surface area contributed by atoms with Crippen LogP contribution in [0.1, 0.15) is 13.8 Å². The van der Waals surface area contributed by atoms with Crippen LogP contribution in [0.2, 0.25) is 0 Å². The van der Waals surface area contributed by atoms with Gasteiger partial charge in [-0.05, 0) is 13.8 Å². The fraction of sp³-hybridized carbons (Fsp3) is 0.333. The van der Waals surface area contributed by atoms with Crippen molar-refractivity contribution in [2.24, 2.45) is 0 Å². The standard InChI is InChI=1S/C12H13F2N3O/c1-7(2)16-12(18)5-17-6-15-10-3-8(13)9(14)4-11(10)17/h3-4,6-7H,5H2,1-2H3,(H,16,18). The smallest absolute Gasteiger partial charge is 0.240 e. The van der Waals surface area contributed by atoms with Crippen LogP contribution >= 0.6 is 0 Å². The average Bonchev–Trinajstić information content (AvgIpc) is 2.61. The number of hydrogen-bond donors (Lipinski definition) is 1. The molecular weight excluding hydrogens is 240 g/mol. The van der Waals surface area contributed by atoms with E-state index >= 15 is 0 Å². The lowest BCUT2D eigenvalue weighted by atomic mass is 10.3. The molecule has 18 heavy (non-hydrogen) atoms. The largest absolute Gasteiger partial charge is 0.352 e. The van der Waals surface area contributed by atoms with Gasteiger partial charge in [0.15, 0.2) is 11.6 Å². The van der Waals surface area contributed by atoms with Crippen LogP contribution in [-0.4, -0.2) is 21.5 Å². The van der Waals surface area contributed by atoms with Gasteiger partial charge in [0.2, 0.25) is 5.91 Å². The van der Waals surface area contributed by atoms with Crippen LogP contribution in [-0.2, 0) is 11.3 Å². The van der Waals surface area contributed by atoms with E-state index in [1.807, 2.05) is 13.8 Å². The molecule has 0 bridgehead atoms. The van der Waals surface area contributed by atoms with E-state index in [4.69, 9.17) is 0 Å². The number of rotatable bonds is 3. The van der Waals surface area contributed by atoms with Crippen LogP contribution in [0.5, 0.6) is 0 Å². The predicted octanol–water partition coefficient (Wildman–Crippen LogP) is 1.84. The second kappa shape index (κ2) is 4.72. The molecule has 0 saturated heterocycles. The van der Waals surface area contributed by atoms with Crippen molar-refractivity contribution in [1.29, 1.82) is 0 Å². The number of halogens is 2. The van der Waals surface area contributed by atoms with Gasteiger partial charge in [0.1, 0.15) is 6.54 Å². The van der Waals surface area contributed by atoms with Crippen LogP contribution < -0.4 is 5.32 Å². The Morgan fingerprint density at radius 1 is 1.39 bits per heavy atom. The summed E-state index contributed by atoms with van der Waals surface area (Å²) in [7, 11) is 0. The first kappa shape index (κ1) is 12.5. The molecule has 0 unspecified atom stereocenters. The predicted molar refractivity (Wildman–Crippen MR) is 62.9 cm³/mol. The van der Waals surface area contributed by atoms with Gasteiger partial charge in [-0.2, -0.15) is 0 Å². The number of nitrogens with zero attached hydrogens (tertiary/aromatic N) is 2. The highest BCUT2D eigenvalue weighted by molar-refractivity contribution is 5.80. The molecule has 1 aromatic heterocycles. The third-order valence-corrected chi connectivity index (χ3v) is 2.43. The van der Waals surface area contributed by atoms with E-state index in [1.54, 1.807) is 0 Å². The summed E-state index contributed by atoms with van der Waals surface area (Å²) in [5.74, 6) is -2.10. The lowest BCUT2D eigenvalue weighted by Gasteiger charge is -2.09. The highest BCUT2D eigenvalue weighted by Crippen LogP contribution is 2.17. The number of aromatic nitrogens is 2. The van der Waals surface area contributed by atoms with Crippen molar-refractivity contribution in [2.75, 3.05) is 0 Å². The Morgan fingerprint density at radius 3 is 2.72 bits per heavy atom. The SMILES string of the molecule is CC(C)NC(=O)Cn1cnc2cc(F)c(F)cc21. The summed E-state index contributed by atoms with van der Waals surface area (Å²) >= 11 is 0. The van der Waals surface area contributed by atoms with Crippen LogP contribution in [0.4, 0.5) is 8.78 Å². The van der Waals surface area contributed by atoms with Crippen LogP contribution in [0, 0.1) is 11.6 Å². The zero-order chi connectivity index (χ0) is 13.3. The molecule has 1 amide bonds. The molecule has 1 aromatic carbocycles. The first-order valence-corrected chi connectivity index (χ1v) is 5.56. The number of amides is 1. The van der Waals surface area contributed by atoms with Crippen molar-refractivity contribution >= 4 is 16.9 Å². The summed E-state index contributed by atoms with van der Waals surface area (Å²) in [6, 6.07) is 2.09. The Kier molecular flexibility index (Phi) is 3.27. The third kappa shape index (κ3) is 2.47. The normalized spacial score (nSPS) is 11.2. The molecule has 4 nitrogen and oxygen atoms in total. The van der Waals surface area contributed by atoms with E-state index in [9.17, 15) is 13.6 Å². The highest BCUT2D eigenvalue weighted by atomic mass is 19.2. The maximum absolute atomic E-state index is 13.1. The monoisotopic (exact) mass is 253 g/mol. The zero-order valence-electron chi connectivity index (χ0n) is 10.1. The topological polar surface area (TPSA) is 46.9 Å². The van der Waals surface area contributed by atoms with Gasteiger partial charge in [-0.1, -0.05) is 0 Å². The lowest BCUT2D eigenvalue weighted by Crippen LogP contribution is -2.32. The van der Waals surface area contributed by atoms with Gasteiger partial charge in [-0.25, -0.2) is 13.8 Å². The van der Waals surface area contributed by atoms with E-state index in [1.165, 1.54) is 10.9 Å². The van der Waals surface area contributed by atoms with Gasteiger partial charge in [0.05, 0.1) is 17.4 Å². The average molecular weight is 253 g/mol. The minimum Gasteiger partial charge on any atom is -0.352 e. The Bertz CT molecular complexity index is 592. The molecule has 0 atom stereocenters. The number of carbonyl (C=O) groups excluding carboxylic acids is 1. The first-order valence-electron chi connectivity index (χ1n) is 5.56. The number of hydrogen-bond acceptors (Lipinski definition) is 2. The zero-order valence-corrected chi connectivity index (χ0v) is 10.1. The molecule has 0 saturated carbocycles. The van der Waals surface area contributed by atoms with Gasteiger partial charge in [0.25, 0.3) is 0 Å². The van der Waals surface area contributed by atoms with Gasteiger partial charge < -0.3 is 9.88 Å². The number of benzene rings is 1. The molecule has 0 aliphatic rings. The summed E-state index contributed by atoms with van der Waals surface area (Å²) in [4.78, 5) is 15.5. The van der Waals surface area contributed by atoms with Crippen LogP contribution in [0.15, 0.2) is 18.5 Å². The molecule has 0 radical (unpaired) electrons. The fourth-order valence-electron chi connectivity index (χ4n) is 1.70. The summed E-state index contributed by atoms with van der Waals surface area (Å²) in [6.45, 7) is 3.72. The molecule has 96 valence electrons. The Hall–Kier alpha value is -1.98. The number of carbonyl (C=O) groups is 1. The van der Waals surface area contributed by atoms with E-state index in [0.717, 1.165) is 12.1 Å². The Labute approximate surface area is 103 Å². The minimum atomic E-state index is -0.950. The van der Waals surface area contributed by atoms with Gasteiger partial charge in [-0.15, -0.1) is 0 Å². The maximum Gasteiger partial charge on any atom is 0.240 e. The van der Waals surface area contributed by atoms with Crippen molar-refractivity contribution in [3.8, 4) is 0 Å². The number of nitrogens with one attached hydrogen (secondary N) is 1. The summed E-state index contributed by atoms with van der Waals surface area (Å²) in [5, 5.41) is 2.72. The number of fused-ring (bicyclic) bond motifs is 1. The van der Waals surface area contributed by atoms with Crippen LogP contribution in [0.3, 0.4) is 0 Å². The number of imidazole rings is 1. The molecule has 2 aromatic rings. The van der Waals surface area contributed by atoms with Crippen molar-refractivity contribution in [3.05, 3.63) is 30.1 Å². The fourth-order valence-corrected chi connectivity index (χ4v) is 1.70. The van der Waals surface area contributed by atoms with Crippen LogP contribution in [0.25, 0.3) is 11.0 Å². The summed E-state index contributed by atoms with van der Waals surface area (Å²) < 4.78 is 27.6. The van der Waals surface area contributed by atoms with Gasteiger partial charge >= 0.3 is 0 Å². The molecule has 1 heterocycles. The van der Waals surface area contributed by atoms with E-state index in [2.05, 4.69) is 10.3 Å². The molecule has 2 rings (SSSR count).